The number of hydrogen-bond donors (Lipinski definition) is 1. The van der Waals surface area contributed by atoms with Crippen LogP contribution >= 0.6 is 0 Å². The van der Waals surface area contributed by atoms with Crippen LogP contribution in [0.15, 0.2) is 30.3 Å². The zero-order valence-corrected chi connectivity index (χ0v) is 10.4. The van der Waals surface area contributed by atoms with E-state index < -0.39 is 11.6 Å². The number of carbonyl (C=O) groups is 1. The summed E-state index contributed by atoms with van der Waals surface area (Å²) in [4.78, 5) is 11.5. The van der Waals surface area contributed by atoms with Crippen molar-refractivity contribution in [1.82, 2.24) is 5.32 Å². The van der Waals surface area contributed by atoms with Gasteiger partial charge < -0.3 is 0 Å². The second-order valence-electron chi connectivity index (χ2n) is 4.19. The average molecular weight is 223 g/mol. The SMILES string of the molecule is [Li][C]#CC(C)(C)NC(=O)OCc1ccccc1. The van der Waals surface area contributed by atoms with Crippen LogP contribution in [0.4, 0.5) is 4.79 Å². The molecule has 0 unspecified atom stereocenters. The van der Waals surface area contributed by atoms with Gasteiger partial charge in [-0.1, -0.05) is 0 Å². The molecule has 1 N–H and O–H groups in total. The molecule has 0 fully saturated rings. The van der Waals surface area contributed by atoms with E-state index >= 15 is 0 Å². The van der Waals surface area contributed by atoms with Crippen LogP contribution in [0.5, 0.6) is 0 Å². The van der Waals surface area contributed by atoms with Crippen molar-refractivity contribution in [2.75, 3.05) is 0 Å². The first-order valence-corrected chi connectivity index (χ1v) is 5.46. The Hall–Kier alpha value is -1.35. The summed E-state index contributed by atoms with van der Waals surface area (Å²) in [6.07, 6.45) is -0.457. The molecule has 0 aliphatic heterocycles. The van der Waals surface area contributed by atoms with E-state index in [9.17, 15) is 4.79 Å². The molecule has 17 heavy (non-hydrogen) atoms. The molecular weight excluding hydrogens is 209 g/mol. The first kappa shape index (κ1) is 13.7. The van der Waals surface area contributed by atoms with Gasteiger partial charge >= 0.3 is 111 Å². The molecule has 0 atom stereocenters. The fraction of sp³-hybridized carbons (Fsp3) is 0.308. The van der Waals surface area contributed by atoms with Crippen LogP contribution in [0.25, 0.3) is 0 Å². The van der Waals surface area contributed by atoms with Gasteiger partial charge in [0.2, 0.25) is 0 Å². The molecule has 0 radical (unpaired) electrons. The maximum atomic E-state index is 11.5. The monoisotopic (exact) mass is 223 g/mol. The van der Waals surface area contributed by atoms with E-state index in [2.05, 4.69) is 15.8 Å². The normalized spacial score (nSPS) is 10.1. The Morgan fingerprint density at radius 1 is 1.41 bits per heavy atom. The van der Waals surface area contributed by atoms with Gasteiger partial charge in [0.1, 0.15) is 0 Å². The summed E-state index contributed by atoms with van der Waals surface area (Å²) in [6, 6.07) is 9.55. The Bertz CT molecular complexity index is 432. The van der Waals surface area contributed by atoms with Crippen LogP contribution in [0.2, 0.25) is 0 Å². The van der Waals surface area contributed by atoms with Crippen molar-refractivity contribution < 1.29 is 9.53 Å². The Labute approximate surface area is 111 Å². The van der Waals surface area contributed by atoms with Crippen LogP contribution in [0.1, 0.15) is 19.4 Å². The van der Waals surface area contributed by atoms with Gasteiger partial charge in [-0.25, -0.2) is 0 Å². The zero-order valence-electron chi connectivity index (χ0n) is 10.4. The van der Waals surface area contributed by atoms with E-state index in [1.54, 1.807) is 17.7 Å². The molecule has 3 nitrogen and oxygen atoms in total. The van der Waals surface area contributed by atoms with Gasteiger partial charge in [0.15, 0.2) is 0 Å². The number of hydrogen-bond acceptors (Lipinski definition) is 2. The predicted octanol–water partition coefficient (Wildman–Crippen LogP) is 1.82. The molecule has 1 rings (SSSR count). The van der Waals surface area contributed by atoms with E-state index in [1.165, 1.54) is 0 Å². The van der Waals surface area contributed by atoms with Crippen molar-refractivity contribution in [1.29, 1.82) is 0 Å². The molecule has 0 aliphatic carbocycles. The summed E-state index contributed by atoms with van der Waals surface area (Å²) >= 11 is 1.73. The van der Waals surface area contributed by atoms with Gasteiger partial charge in [0, 0.05) is 0 Å². The van der Waals surface area contributed by atoms with Crippen LogP contribution in [-0.2, 0) is 11.3 Å². The molecule has 4 heteroatoms. The molecule has 0 saturated heterocycles. The van der Waals surface area contributed by atoms with E-state index in [0.717, 1.165) is 5.56 Å². The second-order valence-corrected chi connectivity index (χ2v) is 4.19. The first-order chi connectivity index (χ1) is 8.03. The Morgan fingerprint density at radius 3 is 2.65 bits per heavy atom. The van der Waals surface area contributed by atoms with E-state index in [-0.39, 0.29) is 6.61 Å². The summed E-state index contributed by atoms with van der Waals surface area (Å²) < 4.78 is 7.86. The molecule has 0 bridgehead atoms. The van der Waals surface area contributed by atoms with Crippen molar-refractivity contribution in [3.8, 4) is 10.5 Å². The average Bonchev–Trinajstić information content (AvgIpc) is 2.27. The van der Waals surface area contributed by atoms with E-state index in [1.807, 2.05) is 44.2 Å². The minimum absolute atomic E-state index is 0.266. The topological polar surface area (TPSA) is 38.3 Å². The third-order valence-electron chi connectivity index (χ3n) is 2.06. The molecule has 0 saturated carbocycles. The zero-order chi connectivity index (χ0) is 12.7. The van der Waals surface area contributed by atoms with Crippen LogP contribution < -0.4 is 5.32 Å². The fourth-order valence-corrected chi connectivity index (χ4v) is 1.36. The molecule has 0 heterocycles. The number of nitrogens with one attached hydrogen (secondary N) is 1. The Morgan fingerprint density at radius 2 is 2.06 bits per heavy atom. The van der Waals surface area contributed by atoms with Crippen LogP contribution in [0, 0.1) is 10.5 Å². The second kappa shape index (κ2) is 6.40. The van der Waals surface area contributed by atoms with Crippen molar-refractivity contribution >= 4 is 23.8 Å². The maximum absolute atomic E-state index is 11.5. The third kappa shape index (κ3) is 5.50. The molecule has 0 aromatic heterocycles. The van der Waals surface area contributed by atoms with Crippen molar-refractivity contribution in [3.63, 3.8) is 0 Å². The molecule has 84 valence electrons. The van der Waals surface area contributed by atoms with Crippen molar-refractivity contribution in [2.45, 2.75) is 26.0 Å². The number of benzene rings is 1. The summed E-state index contributed by atoms with van der Waals surface area (Å²) in [5.74, 6) is 2.89. The standard InChI is InChI=1S/C13H14NO2.Li/c1-4-13(2,3)14-12(15)16-10-11-8-6-5-7-9-11;/h5-9H,10H2,2-3H3,(H,14,15);. The number of carbonyl (C=O) groups excluding carboxylic acids is 1. The number of rotatable bonds is 3. The predicted molar refractivity (Wildman–Crippen MR) is 67.4 cm³/mol. The van der Waals surface area contributed by atoms with Crippen LogP contribution in [0.3, 0.4) is 0 Å². The quantitative estimate of drug-likeness (QED) is 0.627. The minimum atomic E-state index is -0.567. The molecule has 1 amide bonds. The van der Waals surface area contributed by atoms with Gasteiger partial charge in [-0.05, 0) is 0 Å². The van der Waals surface area contributed by atoms with Crippen molar-refractivity contribution in [2.24, 2.45) is 0 Å². The van der Waals surface area contributed by atoms with Gasteiger partial charge in [-0.15, -0.1) is 0 Å². The van der Waals surface area contributed by atoms with E-state index in [0.29, 0.717) is 0 Å². The molecule has 1 aromatic rings. The molecular formula is C13H14LiNO2. The van der Waals surface area contributed by atoms with Gasteiger partial charge in [0.05, 0.1) is 0 Å². The summed E-state index contributed by atoms with van der Waals surface area (Å²) in [5, 5.41) is 2.69. The Kier molecular flexibility index (Phi) is 5.16. The Balaban J connectivity index is 2.43. The number of amides is 1. The van der Waals surface area contributed by atoms with Gasteiger partial charge in [-0.2, -0.15) is 0 Å². The first-order valence-electron chi connectivity index (χ1n) is 5.46. The van der Waals surface area contributed by atoms with Gasteiger partial charge in [-0.3, -0.25) is 0 Å². The summed E-state index contributed by atoms with van der Waals surface area (Å²) in [5.41, 5.74) is 0.393. The summed E-state index contributed by atoms with van der Waals surface area (Å²) in [7, 11) is 0. The van der Waals surface area contributed by atoms with Crippen LogP contribution in [-0.4, -0.2) is 29.3 Å². The molecule has 0 spiro atoms. The number of ether oxygens (including phenoxy) is 1. The third-order valence-corrected chi connectivity index (χ3v) is 2.06. The summed E-state index contributed by atoms with van der Waals surface area (Å²) in [6.45, 7) is 3.92. The van der Waals surface area contributed by atoms with Gasteiger partial charge in [0.25, 0.3) is 0 Å². The fourth-order valence-electron chi connectivity index (χ4n) is 1.36. The van der Waals surface area contributed by atoms with Crippen molar-refractivity contribution in [3.05, 3.63) is 35.9 Å². The van der Waals surface area contributed by atoms with E-state index in [4.69, 9.17) is 4.74 Å². The molecule has 1 aromatic carbocycles. The molecule has 0 aliphatic rings. The number of alkyl carbamates (subject to hydrolysis) is 1.